The summed E-state index contributed by atoms with van der Waals surface area (Å²) in [5.41, 5.74) is 1.67. The van der Waals surface area contributed by atoms with Crippen LogP contribution in [0.25, 0.3) is 0 Å². The zero-order chi connectivity index (χ0) is 20.8. The summed E-state index contributed by atoms with van der Waals surface area (Å²) < 4.78 is 24.9. The van der Waals surface area contributed by atoms with E-state index in [-0.39, 0.29) is 24.5 Å². The Hall–Kier alpha value is -2.78. The van der Waals surface area contributed by atoms with Crippen molar-refractivity contribution in [2.75, 3.05) is 6.61 Å². The summed E-state index contributed by atoms with van der Waals surface area (Å²) in [6, 6.07) is 17.8. The van der Waals surface area contributed by atoms with Gasteiger partial charge >= 0.3 is 0 Å². The standard InChI is InChI=1S/C22H16Cl2FNO3/c23-18-6-4-15(8-19(18)24)12-28-17-3-1-2-16(10-17)21(27)13-29-22-9-14(11-26)5-7-20(22)25/h1-10,21,27H,12-13H2. The zero-order valence-electron chi connectivity index (χ0n) is 15.1. The highest BCUT2D eigenvalue weighted by atomic mass is 35.5. The van der Waals surface area contributed by atoms with Gasteiger partial charge in [-0.25, -0.2) is 4.39 Å². The van der Waals surface area contributed by atoms with Gasteiger partial charge in [-0.1, -0.05) is 41.4 Å². The molecule has 1 unspecified atom stereocenters. The van der Waals surface area contributed by atoms with Gasteiger partial charge in [-0.3, -0.25) is 0 Å². The summed E-state index contributed by atoms with van der Waals surface area (Å²) in [5, 5.41) is 20.2. The van der Waals surface area contributed by atoms with Gasteiger partial charge in [0.15, 0.2) is 11.6 Å². The van der Waals surface area contributed by atoms with E-state index < -0.39 is 11.9 Å². The lowest BCUT2D eigenvalue weighted by Gasteiger charge is -2.15. The lowest BCUT2D eigenvalue weighted by atomic mass is 10.1. The topological polar surface area (TPSA) is 62.5 Å². The molecule has 0 heterocycles. The largest absolute Gasteiger partial charge is 0.489 e. The highest BCUT2D eigenvalue weighted by Crippen LogP contribution is 2.25. The van der Waals surface area contributed by atoms with Crippen molar-refractivity contribution in [3.63, 3.8) is 0 Å². The van der Waals surface area contributed by atoms with Gasteiger partial charge in [0.2, 0.25) is 0 Å². The molecule has 0 fully saturated rings. The summed E-state index contributed by atoms with van der Waals surface area (Å²) in [5.74, 6) is -0.143. The fourth-order valence-electron chi connectivity index (χ4n) is 2.56. The van der Waals surface area contributed by atoms with E-state index in [4.69, 9.17) is 37.9 Å². The molecule has 1 atom stereocenters. The summed E-state index contributed by atoms with van der Waals surface area (Å²) in [7, 11) is 0. The molecule has 29 heavy (non-hydrogen) atoms. The average Bonchev–Trinajstić information content (AvgIpc) is 2.74. The fourth-order valence-corrected chi connectivity index (χ4v) is 2.88. The van der Waals surface area contributed by atoms with Gasteiger partial charge in [0.05, 0.1) is 21.7 Å². The van der Waals surface area contributed by atoms with Crippen LogP contribution in [0.4, 0.5) is 4.39 Å². The maximum atomic E-state index is 13.8. The van der Waals surface area contributed by atoms with Gasteiger partial charge in [0, 0.05) is 6.07 Å². The SMILES string of the molecule is N#Cc1ccc(F)c(OCC(O)c2cccc(OCc3ccc(Cl)c(Cl)c3)c2)c1. The third-order valence-electron chi connectivity index (χ3n) is 4.09. The van der Waals surface area contributed by atoms with Crippen molar-refractivity contribution in [3.05, 3.63) is 93.2 Å². The minimum atomic E-state index is -1.01. The first-order valence-electron chi connectivity index (χ1n) is 8.63. The maximum Gasteiger partial charge on any atom is 0.165 e. The monoisotopic (exact) mass is 431 g/mol. The van der Waals surface area contributed by atoms with Crippen LogP contribution < -0.4 is 9.47 Å². The summed E-state index contributed by atoms with van der Waals surface area (Å²) in [4.78, 5) is 0. The second kappa shape index (κ2) is 9.62. The van der Waals surface area contributed by atoms with Gasteiger partial charge in [-0.05, 0) is 47.5 Å². The van der Waals surface area contributed by atoms with Crippen molar-refractivity contribution >= 4 is 23.2 Å². The van der Waals surface area contributed by atoms with Crippen LogP contribution in [0.3, 0.4) is 0 Å². The van der Waals surface area contributed by atoms with Gasteiger partial charge in [0.25, 0.3) is 0 Å². The Morgan fingerprint density at radius 2 is 1.83 bits per heavy atom. The van der Waals surface area contributed by atoms with Crippen molar-refractivity contribution < 1.29 is 19.0 Å². The second-order valence-corrected chi connectivity index (χ2v) is 7.01. The van der Waals surface area contributed by atoms with Crippen LogP contribution in [-0.4, -0.2) is 11.7 Å². The molecule has 0 radical (unpaired) electrons. The molecular formula is C22H16Cl2FNO3. The van der Waals surface area contributed by atoms with Crippen molar-refractivity contribution in [1.29, 1.82) is 5.26 Å². The van der Waals surface area contributed by atoms with Crippen LogP contribution in [0, 0.1) is 17.1 Å². The Balaban J connectivity index is 1.62. The molecular weight excluding hydrogens is 416 g/mol. The molecule has 0 saturated heterocycles. The molecule has 3 aromatic carbocycles. The highest BCUT2D eigenvalue weighted by Gasteiger charge is 2.12. The van der Waals surface area contributed by atoms with Gasteiger partial charge in [-0.2, -0.15) is 5.26 Å². The van der Waals surface area contributed by atoms with Crippen molar-refractivity contribution in [3.8, 4) is 17.6 Å². The number of hydrogen-bond acceptors (Lipinski definition) is 4. The molecule has 0 aliphatic carbocycles. The van der Waals surface area contributed by atoms with Crippen LogP contribution in [0.1, 0.15) is 22.8 Å². The van der Waals surface area contributed by atoms with Crippen LogP contribution in [0.2, 0.25) is 10.0 Å². The average molecular weight is 432 g/mol. The number of halogens is 3. The van der Waals surface area contributed by atoms with Crippen molar-refractivity contribution in [1.82, 2.24) is 0 Å². The van der Waals surface area contributed by atoms with Gasteiger partial charge in [0.1, 0.15) is 25.1 Å². The first kappa shape index (κ1) is 20.9. The van der Waals surface area contributed by atoms with E-state index in [0.29, 0.717) is 21.4 Å². The summed E-state index contributed by atoms with van der Waals surface area (Å²) in [6.07, 6.45) is -1.01. The van der Waals surface area contributed by atoms with E-state index in [1.54, 1.807) is 36.4 Å². The minimum absolute atomic E-state index is 0.0879. The van der Waals surface area contributed by atoms with Crippen LogP contribution in [0.15, 0.2) is 60.7 Å². The Labute approximate surface area is 177 Å². The molecule has 0 saturated carbocycles. The van der Waals surface area contributed by atoms with Gasteiger partial charge in [-0.15, -0.1) is 0 Å². The number of aliphatic hydroxyl groups is 1. The number of hydrogen-bond donors (Lipinski definition) is 1. The Bertz CT molecular complexity index is 1050. The molecule has 0 amide bonds. The number of nitrogens with zero attached hydrogens (tertiary/aromatic N) is 1. The fraction of sp³-hybridized carbons (Fsp3) is 0.136. The third kappa shape index (κ3) is 5.61. The maximum absolute atomic E-state index is 13.8. The lowest BCUT2D eigenvalue weighted by molar-refractivity contribution is 0.105. The molecule has 0 aromatic heterocycles. The molecule has 3 rings (SSSR count). The Kier molecular flexibility index (Phi) is 6.95. The molecule has 0 aliphatic rings. The van der Waals surface area contributed by atoms with Crippen molar-refractivity contribution in [2.45, 2.75) is 12.7 Å². The van der Waals surface area contributed by atoms with E-state index in [1.165, 1.54) is 12.1 Å². The first-order chi connectivity index (χ1) is 14.0. The first-order valence-corrected chi connectivity index (χ1v) is 9.39. The van der Waals surface area contributed by atoms with Crippen LogP contribution in [-0.2, 0) is 6.61 Å². The smallest absolute Gasteiger partial charge is 0.165 e. The van der Waals surface area contributed by atoms with E-state index in [1.807, 2.05) is 12.1 Å². The van der Waals surface area contributed by atoms with Crippen molar-refractivity contribution in [2.24, 2.45) is 0 Å². The molecule has 0 spiro atoms. The summed E-state index contributed by atoms with van der Waals surface area (Å²) in [6.45, 7) is 0.0984. The number of nitriles is 1. The predicted octanol–water partition coefficient (Wildman–Crippen LogP) is 5.70. The summed E-state index contributed by atoms with van der Waals surface area (Å²) >= 11 is 11.9. The highest BCUT2D eigenvalue weighted by molar-refractivity contribution is 6.42. The molecule has 1 N–H and O–H groups in total. The molecule has 4 nitrogen and oxygen atoms in total. The molecule has 0 aliphatic heterocycles. The normalized spacial score (nSPS) is 11.6. The number of benzene rings is 3. The van der Waals surface area contributed by atoms with E-state index in [2.05, 4.69) is 0 Å². The predicted molar refractivity (Wildman–Crippen MR) is 109 cm³/mol. The molecule has 148 valence electrons. The number of aliphatic hydroxyl groups excluding tert-OH is 1. The third-order valence-corrected chi connectivity index (χ3v) is 4.83. The Morgan fingerprint density at radius 3 is 2.59 bits per heavy atom. The minimum Gasteiger partial charge on any atom is -0.489 e. The Morgan fingerprint density at radius 1 is 1.00 bits per heavy atom. The quantitative estimate of drug-likeness (QED) is 0.521. The molecule has 7 heteroatoms. The number of rotatable bonds is 7. The molecule has 0 bridgehead atoms. The van der Waals surface area contributed by atoms with Gasteiger partial charge < -0.3 is 14.6 Å². The number of ether oxygens (including phenoxy) is 2. The van der Waals surface area contributed by atoms with E-state index >= 15 is 0 Å². The lowest BCUT2D eigenvalue weighted by Crippen LogP contribution is -2.10. The van der Waals surface area contributed by atoms with E-state index in [9.17, 15) is 9.50 Å². The molecule has 3 aromatic rings. The van der Waals surface area contributed by atoms with Crippen LogP contribution >= 0.6 is 23.2 Å². The van der Waals surface area contributed by atoms with Crippen LogP contribution in [0.5, 0.6) is 11.5 Å². The van der Waals surface area contributed by atoms with E-state index in [0.717, 1.165) is 11.6 Å². The second-order valence-electron chi connectivity index (χ2n) is 6.19. The zero-order valence-corrected chi connectivity index (χ0v) is 16.6.